The first-order valence-electron chi connectivity index (χ1n) is 9.39. The van der Waals surface area contributed by atoms with Crippen molar-refractivity contribution in [2.45, 2.75) is 33.2 Å². The van der Waals surface area contributed by atoms with Gasteiger partial charge in [-0.05, 0) is 50.1 Å². The molecule has 4 rings (SSSR count). The normalized spacial score (nSPS) is 12.4. The Morgan fingerprint density at radius 1 is 1.14 bits per heavy atom. The van der Waals surface area contributed by atoms with E-state index in [9.17, 15) is 9.59 Å². The van der Waals surface area contributed by atoms with E-state index in [-0.39, 0.29) is 11.5 Å². The second-order valence-corrected chi connectivity index (χ2v) is 6.95. The first kappa shape index (κ1) is 18.0. The van der Waals surface area contributed by atoms with Gasteiger partial charge in [0.25, 0.3) is 5.56 Å². The fourth-order valence-corrected chi connectivity index (χ4v) is 3.62. The fourth-order valence-electron chi connectivity index (χ4n) is 3.62. The van der Waals surface area contributed by atoms with E-state index in [2.05, 4.69) is 17.2 Å². The molecule has 0 unspecified atom stereocenters. The number of carbonyl (C=O) groups is 1. The summed E-state index contributed by atoms with van der Waals surface area (Å²) >= 11 is 0. The number of aromatic nitrogens is 3. The average Bonchev–Trinajstić information content (AvgIpc) is 3.02. The van der Waals surface area contributed by atoms with E-state index >= 15 is 0 Å². The number of nitrogens with one attached hydrogen (secondary N) is 1. The Labute approximate surface area is 162 Å². The predicted molar refractivity (Wildman–Crippen MR) is 111 cm³/mol. The summed E-state index contributed by atoms with van der Waals surface area (Å²) in [5.74, 6) is -0.131. The number of carbonyl (C=O) groups excluding carboxylic acids is 1. The smallest absolute Gasteiger partial charge is 0.273 e. The van der Waals surface area contributed by atoms with Crippen LogP contribution in [-0.4, -0.2) is 20.1 Å². The molecule has 2 heterocycles. The number of amides is 1. The number of hydrogen-bond donors (Lipinski definition) is 1. The van der Waals surface area contributed by atoms with Crippen molar-refractivity contribution >= 4 is 28.1 Å². The second kappa shape index (κ2) is 6.96. The zero-order valence-electron chi connectivity index (χ0n) is 16.1. The lowest BCUT2D eigenvalue weighted by atomic mass is 10.1. The van der Waals surface area contributed by atoms with Crippen molar-refractivity contribution in [2.75, 3.05) is 5.32 Å². The molecular formula is C22H22N4O2. The van der Waals surface area contributed by atoms with Gasteiger partial charge in [-0.15, -0.1) is 0 Å². The summed E-state index contributed by atoms with van der Waals surface area (Å²) in [6, 6.07) is 16.5. The van der Waals surface area contributed by atoms with Crippen LogP contribution in [-0.2, 0) is 11.2 Å². The number of rotatable bonds is 4. The third-order valence-corrected chi connectivity index (χ3v) is 5.04. The van der Waals surface area contributed by atoms with Crippen LogP contribution < -0.4 is 10.9 Å². The number of nitrogens with zero attached hydrogens (tertiary/aromatic N) is 3. The summed E-state index contributed by atoms with van der Waals surface area (Å²) in [5, 5.41) is 3.85. The van der Waals surface area contributed by atoms with Crippen LogP contribution >= 0.6 is 0 Å². The summed E-state index contributed by atoms with van der Waals surface area (Å²) in [6.07, 6.45) is 0.907. The van der Waals surface area contributed by atoms with Crippen LogP contribution in [0.2, 0.25) is 0 Å². The molecule has 0 saturated heterocycles. The van der Waals surface area contributed by atoms with Gasteiger partial charge in [-0.1, -0.05) is 31.2 Å². The quantitative estimate of drug-likeness (QED) is 0.592. The number of anilines is 1. The van der Waals surface area contributed by atoms with Crippen molar-refractivity contribution in [3.05, 3.63) is 76.2 Å². The molecule has 0 spiro atoms. The van der Waals surface area contributed by atoms with Crippen LogP contribution in [0.25, 0.3) is 16.6 Å². The molecule has 2 aromatic carbocycles. The molecule has 0 saturated carbocycles. The summed E-state index contributed by atoms with van der Waals surface area (Å²) in [6.45, 7) is 5.78. The zero-order valence-corrected chi connectivity index (χ0v) is 16.1. The number of hydrogen-bond acceptors (Lipinski definition) is 3. The Balaban J connectivity index is 1.83. The van der Waals surface area contributed by atoms with Gasteiger partial charge in [0.05, 0.1) is 5.52 Å². The zero-order chi connectivity index (χ0) is 19.8. The summed E-state index contributed by atoms with van der Waals surface area (Å²) in [7, 11) is 0. The molecule has 1 atom stereocenters. The number of para-hydroxylation sites is 1. The van der Waals surface area contributed by atoms with Crippen LogP contribution in [0.5, 0.6) is 0 Å². The minimum Gasteiger partial charge on any atom is -0.324 e. The summed E-state index contributed by atoms with van der Waals surface area (Å²) < 4.78 is 3.74. The lowest BCUT2D eigenvalue weighted by Crippen LogP contribution is -2.27. The molecule has 0 aliphatic carbocycles. The van der Waals surface area contributed by atoms with E-state index in [4.69, 9.17) is 0 Å². The van der Waals surface area contributed by atoms with Crippen LogP contribution in [0.4, 0.5) is 5.69 Å². The molecule has 0 radical (unpaired) electrons. The molecule has 1 N–H and O–H groups in total. The van der Waals surface area contributed by atoms with Gasteiger partial charge in [0, 0.05) is 22.8 Å². The maximum Gasteiger partial charge on any atom is 0.273 e. The van der Waals surface area contributed by atoms with Gasteiger partial charge in [0.2, 0.25) is 5.91 Å². The molecule has 1 amide bonds. The fraction of sp³-hybridized carbons (Fsp3) is 0.227. The molecule has 0 fully saturated rings. The molecule has 142 valence electrons. The molecule has 28 heavy (non-hydrogen) atoms. The monoisotopic (exact) mass is 374 g/mol. The van der Waals surface area contributed by atoms with Crippen molar-refractivity contribution in [2.24, 2.45) is 0 Å². The average molecular weight is 374 g/mol. The molecule has 4 aromatic rings. The van der Waals surface area contributed by atoms with Gasteiger partial charge >= 0.3 is 0 Å². The molecule has 0 bridgehead atoms. The summed E-state index contributed by atoms with van der Waals surface area (Å²) in [4.78, 5) is 29.2. The first-order valence-corrected chi connectivity index (χ1v) is 9.39. The Kier molecular flexibility index (Phi) is 4.47. The second-order valence-electron chi connectivity index (χ2n) is 6.95. The molecule has 0 aliphatic heterocycles. The van der Waals surface area contributed by atoms with E-state index in [0.29, 0.717) is 5.65 Å². The van der Waals surface area contributed by atoms with E-state index < -0.39 is 6.04 Å². The van der Waals surface area contributed by atoms with Crippen LogP contribution in [0.15, 0.2) is 59.4 Å². The van der Waals surface area contributed by atoms with Gasteiger partial charge in [-0.3, -0.25) is 14.3 Å². The van der Waals surface area contributed by atoms with Crippen molar-refractivity contribution in [3.63, 3.8) is 0 Å². The Bertz CT molecular complexity index is 1250. The van der Waals surface area contributed by atoms with Crippen LogP contribution in [0, 0.1) is 6.92 Å². The maximum atomic E-state index is 13.0. The van der Waals surface area contributed by atoms with Crippen LogP contribution in [0.3, 0.4) is 0 Å². The van der Waals surface area contributed by atoms with E-state index in [1.807, 2.05) is 71.6 Å². The lowest BCUT2D eigenvalue weighted by molar-refractivity contribution is -0.119. The number of fused-ring (bicyclic) bond motifs is 3. The number of aryl methyl sites for hydroxylation is 2. The Morgan fingerprint density at radius 3 is 2.71 bits per heavy atom. The van der Waals surface area contributed by atoms with Crippen molar-refractivity contribution in [1.29, 1.82) is 0 Å². The standard InChI is InChI=1S/C22H22N4O2/c1-4-16-8-7-9-17(13-16)23-22(28)15(3)26-19-11-6-5-10-18(19)21-24-20(27)12-14(2)25(21)26/h5-13,15H,4H2,1-3H3,(H,23,28)/t15-/m0/s1. The van der Waals surface area contributed by atoms with Crippen LogP contribution in [0.1, 0.15) is 31.1 Å². The van der Waals surface area contributed by atoms with Gasteiger partial charge in [-0.2, -0.15) is 4.98 Å². The maximum absolute atomic E-state index is 13.0. The van der Waals surface area contributed by atoms with Crippen molar-refractivity contribution < 1.29 is 4.79 Å². The minimum atomic E-state index is -0.504. The van der Waals surface area contributed by atoms with Gasteiger partial charge in [0.15, 0.2) is 5.65 Å². The Morgan fingerprint density at radius 2 is 1.93 bits per heavy atom. The molecular weight excluding hydrogens is 352 g/mol. The van der Waals surface area contributed by atoms with E-state index in [1.165, 1.54) is 11.6 Å². The Hall–Kier alpha value is -3.41. The largest absolute Gasteiger partial charge is 0.324 e. The third-order valence-electron chi connectivity index (χ3n) is 5.04. The summed E-state index contributed by atoms with van der Waals surface area (Å²) in [5.41, 5.74) is 3.81. The highest BCUT2D eigenvalue weighted by molar-refractivity contribution is 5.97. The SMILES string of the molecule is CCc1cccc(NC(=O)[C@H](C)n2c3ccccc3c3nc(=O)cc(C)n32)c1. The van der Waals surface area contributed by atoms with Crippen molar-refractivity contribution in [1.82, 2.24) is 14.2 Å². The van der Waals surface area contributed by atoms with E-state index in [0.717, 1.165) is 28.7 Å². The first-order chi connectivity index (χ1) is 13.5. The highest BCUT2D eigenvalue weighted by Gasteiger charge is 2.22. The molecule has 6 nitrogen and oxygen atoms in total. The number of benzene rings is 2. The van der Waals surface area contributed by atoms with Crippen molar-refractivity contribution in [3.8, 4) is 0 Å². The molecule has 6 heteroatoms. The predicted octanol–water partition coefficient (Wildman–Crippen LogP) is 3.72. The van der Waals surface area contributed by atoms with Gasteiger partial charge in [0.1, 0.15) is 6.04 Å². The van der Waals surface area contributed by atoms with E-state index in [1.54, 1.807) is 0 Å². The lowest BCUT2D eigenvalue weighted by Gasteiger charge is -2.18. The molecule has 0 aliphatic rings. The molecule has 2 aromatic heterocycles. The highest BCUT2D eigenvalue weighted by atomic mass is 16.2. The topological polar surface area (TPSA) is 68.4 Å². The van der Waals surface area contributed by atoms with Gasteiger partial charge in [-0.25, -0.2) is 4.52 Å². The highest BCUT2D eigenvalue weighted by Crippen LogP contribution is 2.25. The van der Waals surface area contributed by atoms with Gasteiger partial charge < -0.3 is 5.32 Å². The third kappa shape index (κ3) is 2.97. The minimum absolute atomic E-state index is 0.131.